The van der Waals surface area contributed by atoms with Gasteiger partial charge < -0.3 is 14.5 Å². The first-order chi connectivity index (χ1) is 16.4. The second-order valence-corrected chi connectivity index (χ2v) is 8.70. The number of methoxy groups -OCH3 is 1. The normalized spacial score (nSPS) is 15.9. The molecule has 1 aliphatic rings. The predicted octanol–water partition coefficient (Wildman–Crippen LogP) is 4.79. The van der Waals surface area contributed by atoms with Crippen molar-refractivity contribution in [3.05, 3.63) is 66.5 Å². The molecule has 2 aromatic carbocycles. The van der Waals surface area contributed by atoms with E-state index < -0.39 is 11.6 Å². The monoisotopic (exact) mass is 461 g/mol. The highest BCUT2D eigenvalue weighted by molar-refractivity contribution is 5.98. The number of halogens is 2. The number of rotatable bonds is 5. The van der Waals surface area contributed by atoms with Crippen LogP contribution in [0.15, 0.2) is 54.9 Å². The van der Waals surface area contributed by atoms with Gasteiger partial charge in [-0.1, -0.05) is 0 Å². The predicted molar refractivity (Wildman–Crippen MR) is 129 cm³/mol. The Bertz CT molecular complexity index is 1330. The van der Waals surface area contributed by atoms with Gasteiger partial charge in [0.05, 0.1) is 7.11 Å². The Morgan fingerprint density at radius 2 is 1.76 bits per heavy atom. The van der Waals surface area contributed by atoms with Gasteiger partial charge in [0.2, 0.25) is 0 Å². The lowest BCUT2D eigenvalue weighted by molar-refractivity contribution is 0.315. The molecule has 5 rings (SSSR count). The first kappa shape index (κ1) is 22.2. The molecule has 6 nitrogen and oxygen atoms in total. The number of nitrogens with zero attached hydrogens (tertiary/aromatic N) is 5. The minimum Gasteiger partial charge on any atom is -0.494 e. The molecule has 0 aliphatic carbocycles. The Labute approximate surface area is 196 Å². The van der Waals surface area contributed by atoms with E-state index in [2.05, 4.69) is 28.9 Å². The van der Waals surface area contributed by atoms with Crippen LogP contribution in [0.4, 0.5) is 14.6 Å². The maximum Gasteiger partial charge on any atom is 0.163 e. The minimum atomic E-state index is -0.633. The maximum atomic E-state index is 14.0. The number of aromatic nitrogens is 3. The zero-order valence-electron chi connectivity index (χ0n) is 19.3. The number of hydrogen-bond acceptors (Lipinski definition) is 6. The molecule has 2 aromatic heterocycles. The lowest BCUT2D eigenvalue weighted by Gasteiger charge is -2.23. The molecule has 1 unspecified atom stereocenters. The SMILES string of the molecule is COc1cc(-c2cc(F)cc(F)c2)cc2c(N3CCC(N(C)C)C3)nc(-c3cccnc3)nc12. The van der Waals surface area contributed by atoms with Gasteiger partial charge in [0, 0.05) is 48.5 Å². The van der Waals surface area contributed by atoms with Crippen LogP contribution in [0.3, 0.4) is 0 Å². The lowest BCUT2D eigenvalue weighted by atomic mass is 10.0. The third-order valence-corrected chi connectivity index (χ3v) is 6.27. The molecule has 1 aliphatic heterocycles. The van der Waals surface area contributed by atoms with Crippen LogP contribution < -0.4 is 9.64 Å². The minimum absolute atomic E-state index is 0.397. The summed E-state index contributed by atoms with van der Waals surface area (Å²) in [5.41, 5.74) is 2.49. The highest BCUT2D eigenvalue weighted by Gasteiger charge is 2.28. The molecule has 34 heavy (non-hydrogen) atoms. The molecule has 4 aromatic rings. The first-order valence-corrected chi connectivity index (χ1v) is 11.1. The van der Waals surface area contributed by atoms with Crippen molar-refractivity contribution < 1.29 is 13.5 Å². The summed E-state index contributed by atoms with van der Waals surface area (Å²) in [6.45, 7) is 1.65. The van der Waals surface area contributed by atoms with Gasteiger partial charge in [0.25, 0.3) is 0 Å². The molecule has 0 bridgehead atoms. The maximum absolute atomic E-state index is 14.0. The van der Waals surface area contributed by atoms with E-state index in [-0.39, 0.29) is 0 Å². The number of anilines is 1. The highest BCUT2D eigenvalue weighted by atomic mass is 19.1. The molecule has 1 atom stereocenters. The van der Waals surface area contributed by atoms with Crippen LogP contribution in [0.1, 0.15) is 6.42 Å². The van der Waals surface area contributed by atoms with Crippen molar-refractivity contribution in [2.75, 3.05) is 39.2 Å². The largest absolute Gasteiger partial charge is 0.494 e. The second kappa shape index (κ2) is 8.95. The number of pyridine rings is 1. The number of fused-ring (bicyclic) bond motifs is 1. The summed E-state index contributed by atoms with van der Waals surface area (Å²) >= 11 is 0. The van der Waals surface area contributed by atoms with E-state index in [9.17, 15) is 8.78 Å². The molecule has 8 heteroatoms. The van der Waals surface area contributed by atoms with Crippen LogP contribution in [-0.2, 0) is 0 Å². The van der Waals surface area contributed by atoms with Gasteiger partial charge in [-0.15, -0.1) is 0 Å². The van der Waals surface area contributed by atoms with Gasteiger partial charge in [-0.25, -0.2) is 18.7 Å². The number of likely N-dealkylation sites (N-methyl/N-ethyl adjacent to an activating group) is 1. The van der Waals surface area contributed by atoms with Crippen molar-refractivity contribution >= 4 is 16.7 Å². The average Bonchev–Trinajstić information content (AvgIpc) is 3.33. The van der Waals surface area contributed by atoms with E-state index in [1.54, 1.807) is 25.6 Å². The third-order valence-electron chi connectivity index (χ3n) is 6.27. The van der Waals surface area contributed by atoms with Crippen LogP contribution in [0.5, 0.6) is 5.75 Å². The summed E-state index contributed by atoms with van der Waals surface area (Å²) in [4.78, 5) is 18.4. The molecular weight excluding hydrogens is 436 g/mol. The van der Waals surface area contributed by atoms with Crippen molar-refractivity contribution in [2.24, 2.45) is 0 Å². The standard InChI is InChI=1S/C26H25F2N5O/c1-32(2)21-6-8-33(15-21)26-22-11-18(17-9-19(27)13-20(28)10-17)12-23(34-3)24(22)30-25(31-26)16-5-4-7-29-14-16/h4-5,7,9-14,21H,6,8,15H2,1-3H3. The Balaban J connectivity index is 1.74. The molecule has 1 fully saturated rings. The van der Waals surface area contributed by atoms with Gasteiger partial charge in [-0.05, 0) is 68.0 Å². The van der Waals surface area contributed by atoms with Crippen molar-refractivity contribution in [1.82, 2.24) is 19.9 Å². The highest BCUT2D eigenvalue weighted by Crippen LogP contribution is 2.38. The molecule has 0 amide bonds. The summed E-state index contributed by atoms with van der Waals surface area (Å²) in [6, 6.07) is 11.3. The number of hydrogen-bond donors (Lipinski definition) is 0. The van der Waals surface area contributed by atoms with Gasteiger partial charge in [0.15, 0.2) is 5.82 Å². The summed E-state index contributed by atoms with van der Waals surface area (Å²) in [5.74, 6) is 0.558. The Morgan fingerprint density at radius 1 is 1.00 bits per heavy atom. The fraction of sp³-hybridized carbons (Fsp3) is 0.269. The second-order valence-electron chi connectivity index (χ2n) is 8.70. The van der Waals surface area contributed by atoms with Gasteiger partial charge >= 0.3 is 0 Å². The Hall–Kier alpha value is -3.65. The summed E-state index contributed by atoms with van der Waals surface area (Å²) in [7, 11) is 5.72. The molecule has 0 N–H and O–H groups in total. The van der Waals surface area contributed by atoms with Crippen LogP contribution in [-0.4, -0.2) is 60.2 Å². The molecule has 0 radical (unpaired) electrons. The molecular formula is C26H25F2N5O. The van der Waals surface area contributed by atoms with Gasteiger partial charge in [0.1, 0.15) is 28.7 Å². The van der Waals surface area contributed by atoms with E-state index in [1.165, 1.54) is 12.1 Å². The summed E-state index contributed by atoms with van der Waals surface area (Å²) in [6.07, 6.45) is 4.44. The van der Waals surface area contributed by atoms with Gasteiger partial charge in [-0.3, -0.25) is 4.98 Å². The van der Waals surface area contributed by atoms with Crippen LogP contribution in [0.25, 0.3) is 33.4 Å². The molecule has 174 valence electrons. The topological polar surface area (TPSA) is 54.4 Å². The zero-order valence-corrected chi connectivity index (χ0v) is 19.3. The lowest BCUT2D eigenvalue weighted by Crippen LogP contribution is -2.31. The van der Waals surface area contributed by atoms with Crippen molar-refractivity contribution in [1.29, 1.82) is 0 Å². The smallest absolute Gasteiger partial charge is 0.163 e. The van der Waals surface area contributed by atoms with E-state index in [1.807, 2.05) is 18.2 Å². The van der Waals surface area contributed by atoms with E-state index in [0.717, 1.165) is 42.3 Å². The molecule has 1 saturated heterocycles. The zero-order chi connectivity index (χ0) is 23.8. The fourth-order valence-corrected chi connectivity index (χ4v) is 4.45. The fourth-order valence-electron chi connectivity index (χ4n) is 4.45. The van der Waals surface area contributed by atoms with E-state index in [4.69, 9.17) is 14.7 Å². The average molecular weight is 462 g/mol. The van der Waals surface area contributed by atoms with Gasteiger partial charge in [-0.2, -0.15) is 0 Å². The van der Waals surface area contributed by atoms with E-state index >= 15 is 0 Å². The summed E-state index contributed by atoms with van der Waals surface area (Å²) in [5, 5.41) is 0.770. The Morgan fingerprint density at radius 3 is 2.41 bits per heavy atom. The van der Waals surface area contributed by atoms with Crippen molar-refractivity contribution in [3.8, 4) is 28.3 Å². The number of benzene rings is 2. The summed E-state index contributed by atoms with van der Waals surface area (Å²) < 4.78 is 33.7. The van der Waals surface area contributed by atoms with Crippen molar-refractivity contribution in [3.63, 3.8) is 0 Å². The van der Waals surface area contributed by atoms with Crippen molar-refractivity contribution in [2.45, 2.75) is 12.5 Å². The Kier molecular flexibility index (Phi) is 5.83. The van der Waals surface area contributed by atoms with E-state index in [0.29, 0.717) is 34.3 Å². The third kappa shape index (κ3) is 4.17. The van der Waals surface area contributed by atoms with Crippen LogP contribution >= 0.6 is 0 Å². The molecule has 0 saturated carbocycles. The molecule has 0 spiro atoms. The van der Waals surface area contributed by atoms with Crippen LogP contribution in [0, 0.1) is 11.6 Å². The quantitative estimate of drug-likeness (QED) is 0.426. The molecule has 3 heterocycles. The first-order valence-electron chi connectivity index (χ1n) is 11.1. The number of ether oxygens (including phenoxy) is 1. The van der Waals surface area contributed by atoms with Crippen LogP contribution in [0.2, 0.25) is 0 Å².